The molecule has 38 heavy (non-hydrogen) atoms. The van der Waals surface area contributed by atoms with E-state index in [1.165, 1.54) is 11.8 Å². The van der Waals surface area contributed by atoms with E-state index in [4.69, 9.17) is 9.47 Å². The van der Waals surface area contributed by atoms with Gasteiger partial charge in [0.2, 0.25) is 0 Å². The summed E-state index contributed by atoms with van der Waals surface area (Å²) in [6.07, 6.45) is 2.05. The molecule has 2 rings (SSSR count). The summed E-state index contributed by atoms with van der Waals surface area (Å²) in [5.41, 5.74) is -1.85. The molecule has 0 bridgehead atoms. The molecule has 0 N–H and O–H groups in total. The summed E-state index contributed by atoms with van der Waals surface area (Å²) in [7, 11) is -3.90. The Labute approximate surface area is 239 Å². The third kappa shape index (κ3) is 6.61. The van der Waals surface area contributed by atoms with Crippen LogP contribution in [-0.2, 0) is 23.9 Å². The van der Waals surface area contributed by atoms with E-state index in [9.17, 15) is 9.59 Å². The molecule has 0 amide bonds. The van der Waals surface area contributed by atoms with E-state index in [2.05, 4.69) is 46.6 Å². The Morgan fingerprint density at radius 3 is 1.97 bits per heavy atom. The zero-order valence-electron chi connectivity index (χ0n) is 26.8. The highest BCUT2D eigenvalue weighted by Gasteiger charge is 2.64. The van der Waals surface area contributed by atoms with Gasteiger partial charge in [0.15, 0.2) is 10.9 Å². The fourth-order valence-corrected chi connectivity index (χ4v) is 15.4. The number of thioether (sulfide) groups is 1. The van der Waals surface area contributed by atoms with Gasteiger partial charge in [-0.2, -0.15) is 0 Å². The summed E-state index contributed by atoms with van der Waals surface area (Å²) in [4.78, 5) is 42.3. The van der Waals surface area contributed by atoms with Crippen molar-refractivity contribution in [1.29, 1.82) is 0 Å². The number of hydrogen-bond acceptors (Lipinski definition) is 6. The molecule has 2 fully saturated rings. The van der Waals surface area contributed by atoms with Crippen LogP contribution in [0.5, 0.6) is 0 Å². The number of hydrogen-bond donors (Lipinski definition) is 0. The highest BCUT2D eigenvalue weighted by molar-refractivity contribution is 8.13. The standard InChI is InChI=1S/C30H56O5SSi2/c1-15-36-23(31)18-22(38(13,14)37(10,11)12)30(19-21-28(6,7)35-29(8,9)34-21)17-16-27(4,5)24(26(30)33)25(32)20(2)3/h20-22,24H,15-19H2,1-14H3/t21-,22-,24?,30+/m1/s1. The van der Waals surface area contributed by atoms with E-state index in [0.29, 0.717) is 19.3 Å². The summed E-state index contributed by atoms with van der Waals surface area (Å²) in [6, 6.07) is 0. The first-order valence-corrected chi connectivity index (χ1v) is 23.1. The maximum absolute atomic E-state index is 15.1. The van der Waals surface area contributed by atoms with Gasteiger partial charge in [-0.1, -0.05) is 79.1 Å². The molecule has 1 heterocycles. The van der Waals surface area contributed by atoms with Crippen molar-refractivity contribution in [2.75, 3.05) is 5.75 Å². The molecule has 0 spiro atoms. The van der Waals surface area contributed by atoms with E-state index in [1.807, 2.05) is 48.5 Å². The van der Waals surface area contributed by atoms with E-state index in [1.54, 1.807) is 0 Å². The normalized spacial score (nSPS) is 29.9. The van der Waals surface area contributed by atoms with Crippen molar-refractivity contribution in [3.05, 3.63) is 0 Å². The van der Waals surface area contributed by atoms with Crippen molar-refractivity contribution in [3.8, 4) is 0 Å². The number of ether oxygens (including phenoxy) is 2. The lowest BCUT2D eigenvalue weighted by atomic mass is 9.53. The van der Waals surface area contributed by atoms with Gasteiger partial charge in [-0.15, -0.1) is 0 Å². The number of carbonyl (C=O) groups excluding carboxylic acids is 3. The van der Waals surface area contributed by atoms with Gasteiger partial charge in [0.25, 0.3) is 0 Å². The van der Waals surface area contributed by atoms with Crippen LogP contribution < -0.4 is 0 Å². The van der Waals surface area contributed by atoms with Crippen molar-refractivity contribution in [2.45, 2.75) is 144 Å². The third-order valence-corrected chi connectivity index (χ3v) is 29.8. The Morgan fingerprint density at radius 2 is 1.55 bits per heavy atom. The van der Waals surface area contributed by atoms with E-state index >= 15 is 4.79 Å². The van der Waals surface area contributed by atoms with Crippen LogP contribution in [0.3, 0.4) is 0 Å². The lowest BCUT2D eigenvalue weighted by molar-refractivity contribution is -0.164. The van der Waals surface area contributed by atoms with E-state index in [0.717, 1.165) is 12.2 Å². The Hall–Kier alpha value is -0.286. The molecule has 1 saturated heterocycles. The predicted octanol–water partition coefficient (Wildman–Crippen LogP) is 7.69. The average Bonchev–Trinajstić information content (AvgIpc) is 2.93. The van der Waals surface area contributed by atoms with Gasteiger partial charge in [-0.05, 0) is 63.7 Å². The summed E-state index contributed by atoms with van der Waals surface area (Å²) < 4.78 is 12.8. The van der Waals surface area contributed by atoms with Gasteiger partial charge in [0.1, 0.15) is 11.6 Å². The van der Waals surface area contributed by atoms with Crippen LogP contribution in [0.1, 0.15) is 88.0 Å². The number of Topliss-reactive ketones (excluding diaryl/α,β-unsaturated/α-hetero) is 2. The van der Waals surface area contributed by atoms with Crippen LogP contribution in [0.25, 0.3) is 0 Å². The topological polar surface area (TPSA) is 69.7 Å². The molecule has 0 aromatic heterocycles. The zero-order valence-corrected chi connectivity index (χ0v) is 29.6. The monoisotopic (exact) mass is 584 g/mol. The van der Waals surface area contributed by atoms with Crippen molar-refractivity contribution in [3.63, 3.8) is 0 Å². The molecule has 1 aliphatic heterocycles. The van der Waals surface area contributed by atoms with Crippen LogP contribution in [-0.4, -0.2) is 55.1 Å². The molecular weight excluding hydrogens is 529 g/mol. The second-order valence-electron chi connectivity index (χ2n) is 15.4. The van der Waals surface area contributed by atoms with Gasteiger partial charge < -0.3 is 9.47 Å². The predicted molar refractivity (Wildman–Crippen MR) is 165 cm³/mol. The van der Waals surface area contributed by atoms with E-state index < -0.39 is 43.3 Å². The molecule has 1 unspecified atom stereocenters. The summed E-state index contributed by atoms with van der Waals surface area (Å²) >= 11 is 1.37. The molecule has 4 atom stereocenters. The maximum atomic E-state index is 15.1. The minimum atomic E-state index is -2.14. The maximum Gasteiger partial charge on any atom is 0.188 e. The summed E-state index contributed by atoms with van der Waals surface area (Å²) in [5.74, 6) is -0.823. The molecule has 8 heteroatoms. The van der Waals surface area contributed by atoms with E-state index in [-0.39, 0.29) is 34.2 Å². The molecule has 1 aliphatic carbocycles. The third-order valence-electron chi connectivity index (χ3n) is 10.0. The zero-order chi connectivity index (χ0) is 29.7. The highest BCUT2D eigenvalue weighted by Crippen LogP contribution is 2.61. The van der Waals surface area contributed by atoms with Crippen molar-refractivity contribution >= 4 is 43.6 Å². The first kappa shape index (κ1) is 33.9. The lowest BCUT2D eigenvalue weighted by Crippen LogP contribution is -2.65. The fourth-order valence-electron chi connectivity index (χ4n) is 6.87. The van der Waals surface area contributed by atoms with Gasteiger partial charge >= 0.3 is 0 Å². The van der Waals surface area contributed by atoms with Crippen LogP contribution in [0.15, 0.2) is 0 Å². The second-order valence-corrected chi connectivity index (χ2v) is 33.8. The van der Waals surface area contributed by atoms with Gasteiger partial charge in [-0.25, -0.2) is 0 Å². The SMILES string of the molecule is CCSC(=O)C[C@H]([C@@]1(C[C@H]2OC(C)(C)OC2(C)C)CCC(C)(C)C(C(=O)C(C)C)C1=O)[Si](C)(C)[Si](C)(C)C. The molecule has 5 nitrogen and oxygen atoms in total. The minimum absolute atomic E-state index is 0.0349. The smallest absolute Gasteiger partial charge is 0.188 e. The van der Waals surface area contributed by atoms with Crippen LogP contribution in [0.4, 0.5) is 0 Å². The quantitative estimate of drug-likeness (QED) is 0.194. The number of carbonyl (C=O) groups is 3. The number of ketones is 2. The molecule has 0 radical (unpaired) electrons. The first-order chi connectivity index (χ1) is 16.9. The average molecular weight is 585 g/mol. The molecule has 0 aromatic rings. The summed E-state index contributed by atoms with van der Waals surface area (Å²) in [5, 5.41) is 0.170. The minimum Gasteiger partial charge on any atom is -0.344 e. The highest BCUT2D eigenvalue weighted by atomic mass is 32.2. The second kappa shape index (κ2) is 11.2. The first-order valence-electron chi connectivity index (χ1n) is 14.6. The van der Waals surface area contributed by atoms with Crippen LogP contribution in [0.2, 0.25) is 38.3 Å². The molecule has 1 saturated carbocycles. The van der Waals surface area contributed by atoms with Crippen molar-refractivity contribution in [2.24, 2.45) is 22.7 Å². The molecule has 2 aliphatic rings. The molecule has 0 aromatic carbocycles. The van der Waals surface area contributed by atoms with Crippen molar-refractivity contribution < 1.29 is 23.9 Å². The van der Waals surface area contributed by atoms with Crippen molar-refractivity contribution in [1.82, 2.24) is 0 Å². The Kier molecular flexibility index (Phi) is 9.98. The fraction of sp³-hybridized carbons (Fsp3) is 0.900. The number of rotatable bonds is 10. The summed E-state index contributed by atoms with van der Waals surface area (Å²) in [6.45, 7) is 29.9. The Bertz CT molecular complexity index is 918. The van der Waals surface area contributed by atoms with Gasteiger partial charge in [0, 0.05) is 32.9 Å². The molecular formula is C30H56O5SSi2. The lowest BCUT2D eigenvalue weighted by Gasteiger charge is -2.57. The van der Waals surface area contributed by atoms with Gasteiger partial charge in [-0.3, -0.25) is 14.4 Å². The van der Waals surface area contributed by atoms with Crippen LogP contribution in [0, 0.1) is 22.7 Å². The van der Waals surface area contributed by atoms with Crippen LogP contribution >= 0.6 is 11.8 Å². The largest absolute Gasteiger partial charge is 0.344 e. The Balaban J connectivity index is 2.84. The Morgan fingerprint density at radius 1 is 1.00 bits per heavy atom. The molecule has 220 valence electrons. The van der Waals surface area contributed by atoms with Gasteiger partial charge in [0.05, 0.1) is 17.6 Å².